The van der Waals surface area contributed by atoms with Crippen molar-refractivity contribution in [2.45, 2.75) is 62.8 Å². The zero-order chi connectivity index (χ0) is 17.4. The van der Waals surface area contributed by atoms with E-state index in [1.54, 1.807) is 14.2 Å². The molecule has 3 aliphatic heterocycles. The molecule has 0 aromatic carbocycles. The Bertz CT molecular complexity index is 488. The number of rotatable bonds is 6. The van der Waals surface area contributed by atoms with Crippen LogP contribution in [0.1, 0.15) is 26.7 Å². The van der Waals surface area contributed by atoms with Crippen molar-refractivity contribution in [3.63, 3.8) is 0 Å². The van der Waals surface area contributed by atoms with Crippen molar-refractivity contribution in [3.8, 4) is 0 Å². The highest BCUT2D eigenvalue weighted by Gasteiger charge is 2.57. The SMILES string of the molecule is COC[C@]12COP(=O)(OC[C@H]3O[C@@H](C)C[C@@H]3OC)O[C@H]1C[C@H](C)O2. The predicted octanol–water partition coefficient (Wildman–Crippen LogP) is 1.91. The second-order valence-electron chi connectivity index (χ2n) is 6.77. The molecule has 3 aliphatic rings. The summed E-state index contributed by atoms with van der Waals surface area (Å²) >= 11 is 0. The molecule has 0 aromatic rings. The Labute approximate surface area is 142 Å². The van der Waals surface area contributed by atoms with Crippen LogP contribution in [-0.4, -0.2) is 70.2 Å². The van der Waals surface area contributed by atoms with Crippen molar-refractivity contribution in [2.75, 3.05) is 34.0 Å². The second kappa shape index (κ2) is 7.29. The van der Waals surface area contributed by atoms with Crippen molar-refractivity contribution in [1.82, 2.24) is 0 Å². The second-order valence-corrected chi connectivity index (χ2v) is 8.39. The number of phosphoric acid groups is 1. The average Bonchev–Trinajstić information content (AvgIpc) is 3.04. The van der Waals surface area contributed by atoms with Crippen molar-refractivity contribution in [3.05, 3.63) is 0 Å². The highest BCUT2D eigenvalue weighted by atomic mass is 31.2. The number of phosphoric ester groups is 1. The molecule has 3 rings (SSSR count). The van der Waals surface area contributed by atoms with E-state index in [1.165, 1.54) is 0 Å². The highest BCUT2D eigenvalue weighted by molar-refractivity contribution is 7.48. The minimum Gasteiger partial charge on any atom is -0.381 e. The molecule has 3 saturated heterocycles. The summed E-state index contributed by atoms with van der Waals surface area (Å²) in [6, 6.07) is 0. The number of hydrogen-bond donors (Lipinski definition) is 0. The first-order valence-corrected chi connectivity index (χ1v) is 9.78. The number of methoxy groups -OCH3 is 2. The highest BCUT2D eigenvalue weighted by Crippen LogP contribution is 2.58. The molecule has 0 bridgehead atoms. The number of fused-ring (bicyclic) bond motifs is 1. The molecule has 3 heterocycles. The van der Waals surface area contributed by atoms with Crippen molar-refractivity contribution in [1.29, 1.82) is 0 Å². The fourth-order valence-electron chi connectivity index (χ4n) is 3.64. The molecule has 0 aliphatic carbocycles. The van der Waals surface area contributed by atoms with Crippen LogP contribution in [0.15, 0.2) is 0 Å². The zero-order valence-corrected chi connectivity index (χ0v) is 15.5. The van der Waals surface area contributed by atoms with Gasteiger partial charge >= 0.3 is 7.82 Å². The molecule has 0 aromatic heterocycles. The van der Waals surface area contributed by atoms with Gasteiger partial charge in [-0.2, -0.15) is 0 Å². The smallest absolute Gasteiger partial charge is 0.381 e. The number of ether oxygens (including phenoxy) is 4. The van der Waals surface area contributed by atoms with Crippen LogP contribution in [-0.2, 0) is 37.1 Å². The standard InChI is InChI=1S/C15H27O8P/c1-10-5-12(18-4)13(21-10)7-19-24(16)20-9-15(8-17-3)14(23-24)6-11(2)22-15/h10-14H,5-9H2,1-4H3/t10-,11-,12-,13+,14-,15-,24?/m0/s1. The molecule has 24 heavy (non-hydrogen) atoms. The van der Waals surface area contributed by atoms with Gasteiger partial charge in [0.1, 0.15) is 17.8 Å². The van der Waals surface area contributed by atoms with Gasteiger partial charge in [0.05, 0.1) is 38.1 Å². The van der Waals surface area contributed by atoms with Gasteiger partial charge in [0, 0.05) is 27.1 Å². The summed E-state index contributed by atoms with van der Waals surface area (Å²) < 4.78 is 51.7. The first kappa shape index (κ1) is 18.7. The number of hydrogen-bond acceptors (Lipinski definition) is 8. The first-order chi connectivity index (χ1) is 11.4. The predicted molar refractivity (Wildman–Crippen MR) is 83.9 cm³/mol. The van der Waals surface area contributed by atoms with Crippen LogP contribution in [0.5, 0.6) is 0 Å². The van der Waals surface area contributed by atoms with Crippen molar-refractivity contribution < 1.29 is 37.1 Å². The fourth-order valence-corrected chi connectivity index (χ4v) is 5.13. The molecule has 3 fully saturated rings. The van der Waals surface area contributed by atoms with E-state index in [0.29, 0.717) is 13.0 Å². The van der Waals surface area contributed by atoms with E-state index in [2.05, 4.69) is 0 Å². The maximum atomic E-state index is 12.8. The lowest BCUT2D eigenvalue weighted by atomic mass is 9.98. The minimum absolute atomic E-state index is 0.0165. The lowest BCUT2D eigenvalue weighted by Crippen LogP contribution is -2.51. The average molecular weight is 366 g/mol. The summed E-state index contributed by atoms with van der Waals surface area (Å²) in [5.41, 5.74) is -0.723. The normalized spacial score (nSPS) is 48.6. The van der Waals surface area contributed by atoms with Crippen molar-refractivity contribution >= 4 is 7.82 Å². The van der Waals surface area contributed by atoms with E-state index in [9.17, 15) is 4.57 Å². The van der Waals surface area contributed by atoms with Gasteiger partial charge in [0.2, 0.25) is 0 Å². The molecule has 0 saturated carbocycles. The van der Waals surface area contributed by atoms with Gasteiger partial charge < -0.3 is 18.9 Å². The Morgan fingerprint density at radius 1 is 1.21 bits per heavy atom. The minimum atomic E-state index is -3.66. The maximum Gasteiger partial charge on any atom is 0.475 e. The Balaban J connectivity index is 1.60. The third kappa shape index (κ3) is 3.71. The molecular weight excluding hydrogens is 339 g/mol. The van der Waals surface area contributed by atoms with Crippen LogP contribution in [0, 0.1) is 0 Å². The first-order valence-electron chi connectivity index (χ1n) is 8.32. The monoisotopic (exact) mass is 366 g/mol. The molecular formula is C15H27O8P. The summed E-state index contributed by atoms with van der Waals surface area (Å²) in [5, 5.41) is 0. The molecule has 7 atom stereocenters. The molecule has 140 valence electrons. The van der Waals surface area contributed by atoms with Gasteiger partial charge in [-0.25, -0.2) is 4.57 Å². The quantitative estimate of drug-likeness (QED) is 0.660. The van der Waals surface area contributed by atoms with Crippen molar-refractivity contribution in [2.24, 2.45) is 0 Å². The van der Waals surface area contributed by atoms with Crippen LogP contribution in [0.25, 0.3) is 0 Å². The Morgan fingerprint density at radius 3 is 2.71 bits per heavy atom. The largest absolute Gasteiger partial charge is 0.475 e. The lowest BCUT2D eigenvalue weighted by Gasteiger charge is -2.39. The van der Waals surface area contributed by atoms with E-state index in [4.69, 9.17) is 32.5 Å². The van der Waals surface area contributed by atoms with E-state index in [1.807, 2.05) is 13.8 Å². The Morgan fingerprint density at radius 2 is 2.00 bits per heavy atom. The third-order valence-electron chi connectivity index (χ3n) is 4.77. The lowest BCUT2D eigenvalue weighted by molar-refractivity contribution is -0.160. The Kier molecular flexibility index (Phi) is 5.69. The summed E-state index contributed by atoms with van der Waals surface area (Å²) in [4.78, 5) is 0. The maximum absolute atomic E-state index is 12.8. The molecule has 8 nitrogen and oxygen atoms in total. The van der Waals surface area contributed by atoms with Gasteiger partial charge in [-0.05, 0) is 13.8 Å². The summed E-state index contributed by atoms with van der Waals surface area (Å²) in [5.74, 6) is 0. The van der Waals surface area contributed by atoms with E-state index < -0.39 is 13.4 Å². The van der Waals surface area contributed by atoms with Crippen LogP contribution in [0.2, 0.25) is 0 Å². The molecule has 1 unspecified atom stereocenters. The zero-order valence-electron chi connectivity index (χ0n) is 14.6. The molecule has 0 radical (unpaired) electrons. The Hall–Kier alpha value is -0.0500. The summed E-state index contributed by atoms with van der Waals surface area (Å²) in [6.07, 6.45) is 0.715. The van der Waals surface area contributed by atoms with Gasteiger partial charge in [-0.1, -0.05) is 0 Å². The van der Waals surface area contributed by atoms with Crippen LogP contribution < -0.4 is 0 Å². The topological polar surface area (TPSA) is 81.7 Å². The van der Waals surface area contributed by atoms with Gasteiger partial charge in [0.15, 0.2) is 0 Å². The van der Waals surface area contributed by atoms with E-state index in [-0.39, 0.29) is 43.7 Å². The van der Waals surface area contributed by atoms with E-state index in [0.717, 1.165) is 6.42 Å². The van der Waals surface area contributed by atoms with Crippen LogP contribution in [0.3, 0.4) is 0 Å². The molecule has 0 amide bonds. The van der Waals surface area contributed by atoms with Crippen LogP contribution in [0.4, 0.5) is 0 Å². The van der Waals surface area contributed by atoms with Gasteiger partial charge in [0.25, 0.3) is 0 Å². The third-order valence-corrected chi connectivity index (χ3v) is 6.19. The molecule has 0 spiro atoms. The molecule has 0 N–H and O–H groups in total. The molecule has 9 heteroatoms. The van der Waals surface area contributed by atoms with Gasteiger partial charge in [-0.3, -0.25) is 13.6 Å². The van der Waals surface area contributed by atoms with Gasteiger partial charge in [-0.15, -0.1) is 0 Å². The summed E-state index contributed by atoms with van der Waals surface area (Å²) in [6.45, 7) is 4.44. The fraction of sp³-hybridized carbons (Fsp3) is 1.00. The van der Waals surface area contributed by atoms with E-state index >= 15 is 0 Å². The van der Waals surface area contributed by atoms with Crippen LogP contribution >= 0.6 is 7.82 Å². The summed E-state index contributed by atoms with van der Waals surface area (Å²) in [7, 11) is -0.437.